The van der Waals surface area contributed by atoms with E-state index < -0.39 is 0 Å². The van der Waals surface area contributed by atoms with Gasteiger partial charge >= 0.3 is 0 Å². The minimum Gasteiger partial charge on any atom is -0.490 e. The summed E-state index contributed by atoms with van der Waals surface area (Å²) in [7, 11) is 0. The van der Waals surface area contributed by atoms with Crippen LogP contribution in [0.1, 0.15) is 50.0 Å². The van der Waals surface area contributed by atoms with Gasteiger partial charge in [0, 0.05) is 12.8 Å². The van der Waals surface area contributed by atoms with E-state index in [1.807, 2.05) is 12.1 Å². The van der Waals surface area contributed by atoms with Crippen molar-refractivity contribution < 1.29 is 9.53 Å². The quantitative estimate of drug-likeness (QED) is 0.795. The molecule has 0 amide bonds. The van der Waals surface area contributed by atoms with Crippen molar-refractivity contribution >= 4 is 5.78 Å². The lowest BCUT2D eigenvalue weighted by molar-refractivity contribution is -0.120. The fourth-order valence-electron chi connectivity index (χ4n) is 2.53. The largest absolute Gasteiger partial charge is 0.490 e. The van der Waals surface area contributed by atoms with Crippen molar-refractivity contribution in [2.75, 3.05) is 0 Å². The van der Waals surface area contributed by atoms with E-state index in [-0.39, 0.29) is 0 Å². The normalized spacial score (nSPS) is 24.7. The first-order chi connectivity index (χ1) is 8.31. The third kappa shape index (κ3) is 2.68. The van der Waals surface area contributed by atoms with Crippen LogP contribution >= 0.6 is 0 Å². The molecule has 2 aliphatic carbocycles. The summed E-state index contributed by atoms with van der Waals surface area (Å²) in [5, 5.41) is 0. The molecule has 17 heavy (non-hydrogen) atoms. The zero-order chi connectivity index (χ0) is 11.7. The second-order valence-corrected chi connectivity index (χ2v) is 5.22. The number of ether oxygens (including phenoxy) is 1. The van der Waals surface area contributed by atoms with Crippen molar-refractivity contribution in [3.05, 3.63) is 29.8 Å². The van der Waals surface area contributed by atoms with Gasteiger partial charge in [-0.2, -0.15) is 0 Å². The smallest absolute Gasteiger partial charge is 0.133 e. The predicted molar refractivity (Wildman–Crippen MR) is 66.3 cm³/mol. The monoisotopic (exact) mass is 230 g/mol. The molecule has 2 fully saturated rings. The van der Waals surface area contributed by atoms with Gasteiger partial charge < -0.3 is 4.74 Å². The summed E-state index contributed by atoms with van der Waals surface area (Å²) in [5.41, 5.74) is 1.27. The fourth-order valence-corrected chi connectivity index (χ4v) is 2.53. The van der Waals surface area contributed by atoms with Crippen LogP contribution in [0.5, 0.6) is 5.75 Å². The third-order valence-corrected chi connectivity index (χ3v) is 3.64. The summed E-state index contributed by atoms with van der Waals surface area (Å²) < 4.78 is 5.80. The Morgan fingerprint density at radius 3 is 2.82 bits per heavy atom. The number of carbonyl (C=O) groups is 1. The van der Waals surface area contributed by atoms with Crippen molar-refractivity contribution in [1.82, 2.24) is 0 Å². The molecule has 2 nitrogen and oxygen atoms in total. The van der Waals surface area contributed by atoms with Crippen molar-refractivity contribution in [3.8, 4) is 5.75 Å². The second-order valence-electron chi connectivity index (χ2n) is 5.22. The Kier molecular flexibility index (Phi) is 2.87. The molecule has 1 unspecified atom stereocenters. The highest BCUT2D eigenvalue weighted by Crippen LogP contribution is 2.34. The van der Waals surface area contributed by atoms with Crippen LogP contribution in [0.25, 0.3) is 0 Å². The molecular formula is C15H18O2. The maximum atomic E-state index is 11.5. The summed E-state index contributed by atoms with van der Waals surface area (Å²) in [6, 6.07) is 8.32. The standard InChI is InChI=1S/C15H18O2/c16-13-5-1-3-11(9-13)12-4-2-6-15(10-12)17-14-7-8-14/h2,4,6,10-11,14H,1,3,5,7-9H2. The van der Waals surface area contributed by atoms with E-state index in [1.165, 1.54) is 18.4 Å². The Labute approximate surface area is 102 Å². The number of carbonyl (C=O) groups excluding carboxylic acids is 1. The molecule has 0 bridgehead atoms. The maximum absolute atomic E-state index is 11.5. The summed E-state index contributed by atoms with van der Waals surface area (Å²) >= 11 is 0. The lowest BCUT2D eigenvalue weighted by Gasteiger charge is -2.21. The number of hydrogen-bond donors (Lipinski definition) is 0. The molecule has 2 aliphatic rings. The summed E-state index contributed by atoms with van der Waals surface area (Å²) in [6.07, 6.45) is 6.48. The van der Waals surface area contributed by atoms with Crippen molar-refractivity contribution in [1.29, 1.82) is 0 Å². The first-order valence-electron chi connectivity index (χ1n) is 6.59. The van der Waals surface area contributed by atoms with E-state index in [9.17, 15) is 4.79 Å². The van der Waals surface area contributed by atoms with E-state index in [2.05, 4.69) is 12.1 Å². The van der Waals surface area contributed by atoms with Crippen LogP contribution in [0.3, 0.4) is 0 Å². The third-order valence-electron chi connectivity index (χ3n) is 3.64. The van der Waals surface area contributed by atoms with Crippen LogP contribution < -0.4 is 4.74 Å². The number of Topliss-reactive ketones (excluding diaryl/α,β-unsaturated/α-hetero) is 1. The summed E-state index contributed by atoms with van der Waals surface area (Å²) in [5.74, 6) is 1.80. The topological polar surface area (TPSA) is 26.3 Å². The Balaban J connectivity index is 1.74. The zero-order valence-corrected chi connectivity index (χ0v) is 10.0. The van der Waals surface area contributed by atoms with Gasteiger partial charge in [0.2, 0.25) is 0 Å². The van der Waals surface area contributed by atoms with Gasteiger partial charge in [0.25, 0.3) is 0 Å². The first-order valence-corrected chi connectivity index (χ1v) is 6.59. The van der Waals surface area contributed by atoms with Crippen LogP contribution in [-0.4, -0.2) is 11.9 Å². The molecule has 0 radical (unpaired) electrons. The molecule has 2 heteroatoms. The highest BCUT2D eigenvalue weighted by Gasteiger charge is 2.24. The Morgan fingerprint density at radius 1 is 1.18 bits per heavy atom. The van der Waals surface area contributed by atoms with Gasteiger partial charge in [0.15, 0.2) is 0 Å². The number of benzene rings is 1. The number of rotatable bonds is 3. The van der Waals surface area contributed by atoms with E-state index in [4.69, 9.17) is 4.74 Å². The highest BCUT2D eigenvalue weighted by molar-refractivity contribution is 5.80. The van der Waals surface area contributed by atoms with E-state index >= 15 is 0 Å². The van der Waals surface area contributed by atoms with E-state index in [0.717, 1.165) is 25.0 Å². The minimum atomic E-state index is 0.412. The van der Waals surface area contributed by atoms with Gasteiger partial charge in [-0.05, 0) is 49.3 Å². The Hall–Kier alpha value is -1.31. The average Bonchev–Trinajstić information content (AvgIpc) is 3.13. The molecule has 2 saturated carbocycles. The van der Waals surface area contributed by atoms with Gasteiger partial charge in [-0.15, -0.1) is 0 Å². The van der Waals surface area contributed by atoms with Crippen LogP contribution in [0.4, 0.5) is 0 Å². The Bertz CT molecular complexity index is 421. The highest BCUT2D eigenvalue weighted by atomic mass is 16.5. The van der Waals surface area contributed by atoms with Gasteiger partial charge in [-0.25, -0.2) is 0 Å². The molecule has 3 rings (SSSR count). The van der Waals surface area contributed by atoms with Crippen LogP contribution in [0.2, 0.25) is 0 Å². The molecule has 1 aromatic rings. The van der Waals surface area contributed by atoms with E-state index in [0.29, 0.717) is 24.2 Å². The molecule has 0 aliphatic heterocycles. The molecule has 1 atom stereocenters. The SMILES string of the molecule is O=C1CCCC(c2cccc(OC3CC3)c2)C1. The maximum Gasteiger partial charge on any atom is 0.133 e. The molecule has 0 N–H and O–H groups in total. The molecule has 0 saturated heterocycles. The van der Waals surface area contributed by atoms with Gasteiger partial charge in [-0.3, -0.25) is 4.79 Å². The summed E-state index contributed by atoms with van der Waals surface area (Å²) in [6.45, 7) is 0. The summed E-state index contributed by atoms with van der Waals surface area (Å²) in [4.78, 5) is 11.5. The van der Waals surface area contributed by atoms with Gasteiger partial charge in [-0.1, -0.05) is 12.1 Å². The molecule has 0 aromatic heterocycles. The molecule has 1 aromatic carbocycles. The fraction of sp³-hybridized carbons (Fsp3) is 0.533. The van der Waals surface area contributed by atoms with Gasteiger partial charge in [0.1, 0.15) is 11.5 Å². The molecule has 0 heterocycles. The zero-order valence-electron chi connectivity index (χ0n) is 10.0. The molecule has 90 valence electrons. The minimum absolute atomic E-state index is 0.412. The Morgan fingerprint density at radius 2 is 2.06 bits per heavy atom. The lowest BCUT2D eigenvalue weighted by Crippen LogP contribution is -2.13. The van der Waals surface area contributed by atoms with Crippen molar-refractivity contribution in [3.63, 3.8) is 0 Å². The second kappa shape index (κ2) is 4.52. The molecular weight excluding hydrogens is 212 g/mol. The predicted octanol–water partition coefficient (Wildman–Crippen LogP) is 3.45. The van der Waals surface area contributed by atoms with Crippen molar-refractivity contribution in [2.45, 2.75) is 50.5 Å². The number of hydrogen-bond acceptors (Lipinski definition) is 2. The molecule has 0 spiro atoms. The van der Waals surface area contributed by atoms with Crippen LogP contribution in [0.15, 0.2) is 24.3 Å². The van der Waals surface area contributed by atoms with E-state index in [1.54, 1.807) is 0 Å². The van der Waals surface area contributed by atoms with Crippen LogP contribution in [-0.2, 0) is 4.79 Å². The number of ketones is 1. The van der Waals surface area contributed by atoms with Gasteiger partial charge in [0.05, 0.1) is 6.10 Å². The first kappa shape index (κ1) is 10.8. The lowest BCUT2D eigenvalue weighted by atomic mass is 9.83. The average molecular weight is 230 g/mol. The van der Waals surface area contributed by atoms with Crippen molar-refractivity contribution in [2.24, 2.45) is 0 Å². The van der Waals surface area contributed by atoms with Crippen LogP contribution in [0, 0.1) is 0 Å².